The fraction of sp³-hybridized carbons (Fsp3) is 0.556. The van der Waals surface area contributed by atoms with Crippen molar-refractivity contribution in [1.29, 1.82) is 0 Å². The molecule has 0 radical (unpaired) electrons. The first kappa shape index (κ1) is 10.4. The number of hydrogen-bond donors (Lipinski definition) is 0. The Kier molecular flexibility index (Phi) is 4.15. The van der Waals surface area contributed by atoms with E-state index in [2.05, 4.69) is 32.8 Å². The Morgan fingerprint density at radius 1 is 1.38 bits per heavy atom. The molecule has 1 aromatic rings. The fourth-order valence-corrected chi connectivity index (χ4v) is 1.28. The summed E-state index contributed by atoms with van der Waals surface area (Å²) in [5.41, 5.74) is 0. The van der Waals surface area contributed by atoms with Gasteiger partial charge in [-0.15, -0.1) is 0 Å². The van der Waals surface area contributed by atoms with Crippen molar-refractivity contribution in [2.75, 3.05) is 6.61 Å². The van der Waals surface area contributed by atoms with E-state index in [1.807, 2.05) is 6.92 Å². The van der Waals surface area contributed by atoms with Crippen LogP contribution in [0.3, 0.4) is 0 Å². The Labute approximate surface area is 86.7 Å². The van der Waals surface area contributed by atoms with Crippen LogP contribution in [-0.2, 0) is 6.42 Å². The monoisotopic (exact) mass is 244 g/mol. The van der Waals surface area contributed by atoms with Crippen molar-refractivity contribution in [1.82, 2.24) is 9.97 Å². The van der Waals surface area contributed by atoms with Crippen LogP contribution in [0, 0.1) is 0 Å². The average molecular weight is 245 g/mol. The zero-order valence-electron chi connectivity index (χ0n) is 7.88. The lowest BCUT2D eigenvalue weighted by Gasteiger charge is -2.04. The summed E-state index contributed by atoms with van der Waals surface area (Å²) in [6.45, 7) is 4.79. The number of ether oxygens (including phenoxy) is 1. The van der Waals surface area contributed by atoms with Gasteiger partial charge in [0.05, 0.1) is 6.61 Å². The molecule has 0 N–H and O–H groups in total. The molecule has 1 aromatic heterocycles. The molecule has 0 saturated carbocycles. The summed E-state index contributed by atoms with van der Waals surface area (Å²) in [5, 5.41) is 0. The van der Waals surface area contributed by atoms with E-state index in [9.17, 15) is 0 Å². The molecule has 13 heavy (non-hydrogen) atoms. The second-order valence-corrected chi connectivity index (χ2v) is 3.46. The molecule has 0 aliphatic heterocycles. The third-order valence-electron chi connectivity index (χ3n) is 1.49. The Bertz CT molecular complexity index is 278. The predicted octanol–water partition coefficient (Wildman–Crippen LogP) is 2.59. The third-order valence-corrected chi connectivity index (χ3v) is 1.89. The maximum absolute atomic E-state index is 5.40. The van der Waals surface area contributed by atoms with E-state index in [0.717, 1.165) is 23.3 Å². The van der Waals surface area contributed by atoms with Crippen LogP contribution in [0.4, 0.5) is 0 Å². The summed E-state index contributed by atoms with van der Waals surface area (Å²) in [4.78, 5) is 8.41. The molecule has 0 amide bonds. The predicted molar refractivity (Wildman–Crippen MR) is 54.9 cm³/mol. The van der Waals surface area contributed by atoms with Gasteiger partial charge < -0.3 is 4.74 Å². The second kappa shape index (κ2) is 5.17. The van der Waals surface area contributed by atoms with Crippen molar-refractivity contribution in [3.63, 3.8) is 0 Å². The van der Waals surface area contributed by atoms with Crippen molar-refractivity contribution in [2.45, 2.75) is 26.7 Å². The minimum absolute atomic E-state index is 0.653. The number of nitrogens with zero attached hydrogens (tertiary/aromatic N) is 2. The minimum Gasteiger partial charge on any atom is -0.478 e. The molecule has 0 atom stereocenters. The van der Waals surface area contributed by atoms with Crippen LogP contribution >= 0.6 is 15.9 Å². The van der Waals surface area contributed by atoms with Crippen LogP contribution in [0.25, 0.3) is 0 Å². The van der Waals surface area contributed by atoms with Crippen LogP contribution in [0.1, 0.15) is 26.1 Å². The highest BCUT2D eigenvalue weighted by Gasteiger charge is 2.01. The molecule has 0 aromatic carbocycles. The molecule has 3 nitrogen and oxygen atoms in total. The zero-order chi connectivity index (χ0) is 9.68. The smallest absolute Gasteiger partial charge is 0.217 e. The van der Waals surface area contributed by atoms with Gasteiger partial charge in [-0.05, 0) is 22.4 Å². The fourth-order valence-electron chi connectivity index (χ4n) is 0.881. The molecule has 72 valence electrons. The van der Waals surface area contributed by atoms with E-state index >= 15 is 0 Å². The van der Waals surface area contributed by atoms with E-state index in [4.69, 9.17) is 4.74 Å². The average Bonchev–Trinajstić information content (AvgIpc) is 2.14. The summed E-state index contributed by atoms with van der Waals surface area (Å²) in [6.07, 6.45) is 1.81. The lowest BCUT2D eigenvalue weighted by Crippen LogP contribution is -2.01. The molecular weight excluding hydrogens is 232 g/mol. The first-order chi connectivity index (χ1) is 6.26. The van der Waals surface area contributed by atoms with Crippen LogP contribution in [0.15, 0.2) is 10.7 Å². The SMILES string of the molecule is CCCOc1cc(Br)nc(CC)n1. The van der Waals surface area contributed by atoms with Gasteiger partial charge in [-0.1, -0.05) is 13.8 Å². The molecule has 0 aliphatic carbocycles. The van der Waals surface area contributed by atoms with E-state index in [1.54, 1.807) is 6.07 Å². The van der Waals surface area contributed by atoms with Gasteiger partial charge in [0.1, 0.15) is 10.4 Å². The zero-order valence-corrected chi connectivity index (χ0v) is 9.47. The molecule has 4 heteroatoms. The molecule has 1 rings (SSSR count). The topological polar surface area (TPSA) is 35.0 Å². The van der Waals surface area contributed by atoms with Crippen LogP contribution in [0.5, 0.6) is 5.88 Å². The lowest BCUT2D eigenvalue weighted by molar-refractivity contribution is 0.303. The highest BCUT2D eigenvalue weighted by molar-refractivity contribution is 9.10. The lowest BCUT2D eigenvalue weighted by atomic mass is 10.4. The Hall–Kier alpha value is -0.640. The Morgan fingerprint density at radius 3 is 2.77 bits per heavy atom. The molecule has 0 aliphatic rings. The Balaban J connectivity index is 2.76. The molecular formula is C9H13BrN2O. The molecule has 0 bridgehead atoms. The van der Waals surface area contributed by atoms with E-state index in [-0.39, 0.29) is 0 Å². The van der Waals surface area contributed by atoms with Crippen LogP contribution in [0.2, 0.25) is 0 Å². The van der Waals surface area contributed by atoms with Gasteiger partial charge in [0, 0.05) is 12.5 Å². The van der Waals surface area contributed by atoms with Gasteiger partial charge in [0.25, 0.3) is 0 Å². The van der Waals surface area contributed by atoms with Gasteiger partial charge in [0.2, 0.25) is 5.88 Å². The van der Waals surface area contributed by atoms with Crippen molar-refractivity contribution in [3.05, 3.63) is 16.5 Å². The minimum atomic E-state index is 0.653. The van der Waals surface area contributed by atoms with Crippen molar-refractivity contribution in [3.8, 4) is 5.88 Å². The molecule has 1 heterocycles. The summed E-state index contributed by atoms with van der Waals surface area (Å²) in [6, 6.07) is 1.79. The number of halogens is 1. The van der Waals surface area contributed by atoms with Crippen molar-refractivity contribution in [2.24, 2.45) is 0 Å². The van der Waals surface area contributed by atoms with E-state index in [1.165, 1.54) is 0 Å². The standard InChI is InChI=1S/C9H13BrN2O/c1-3-5-13-9-6-7(10)11-8(4-2)12-9/h6H,3-5H2,1-2H3. The number of hydrogen-bond acceptors (Lipinski definition) is 3. The summed E-state index contributed by atoms with van der Waals surface area (Å²) >= 11 is 3.31. The normalized spacial score (nSPS) is 10.1. The van der Waals surface area contributed by atoms with Crippen LogP contribution in [-0.4, -0.2) is 16.6 Å². The van der Waals surface area contributed by atoms with Gasteiger partial charge in [-0.25, -0.2) is 4.98 Å². The summed E-state index contributed by atoms with van der Waals surface area (Å²) in [7, 11) is 0. The molecule has 0 fully saturated rings. The first-order valence-corrected chi connectivity index (χ1v) is 5.21. The van der Waals surface area contributed by atoms with E-state index < -0.39 is 0 Å². The Morgan fingerprint density at radius 2 is 2.15 bits per heavy atom. The maximum atomic E-state index is 5.40. The van der Waals surface area contributed by atoms with Gasteiger partial charge in [-0.3, -0.25) is 0 Å². The maximum Gasteiger partial charge on any atom is 0.217 e. The molecule has 0 saturated heterocycles. The third kappa shape index (κ3) is 3.30. The summed E-state index contributed by atoms with van der Waals surface area (Å²) < 4.78 is 6.18. The van der Waals surface area contributed by atoms with Crippen molar-refractivity contribution < 1.29 is 4.74 Å². The van der Waals surface area contributed by atoms with E-state index in [0.29, 0.717) is 12.5 Å². The van der Waals surface area contributed by atoms with Gasteiger partial charge >= 0.3 is 0 Å². The quantitative estimate of drug-likeness (QED) is 0.764. The largest absolute Gasteiger partial charge is 0.478 e. The summed E-state index contributed by atoms with van der Waals surface area (Å²) in [5.74, 6) is 1.46. The van der Waals surface area contributed by atoms with Gasteiger partial charge in [-0.2, -0.15) is 4.98 Å². The number of aryl methyl sites for hydroxylation is 1. The number of aromatic nitrogens is 2. The first-order valence-electron chi connectivity index (χ1n) is 4.42. The highest BCUT2D eigenvalue weighted by Crippen LogP contribution is 2.14. The highest BCUT2D eigenvalue weighted by atomic mass is 79.9. The van der Waals surface area contributed by atoms with Crippen LogP contribution < -0.4 is 4.74 Å². The molecule has 0 spiro atoms. The van der Waals surface area contributed by atoms with Crippen molar-refractivity contribution >= 4 is 15.9 Å². The molecule has 0 unspecified atom stereocenters. The second-order valence-electron chi connectivity index (χ2n) is 2.65. The van der Waals surface area contributed by atoms with Gasteiger partial charge in [0.15, 0.2) is 0 Å². The number of rotatable bonds is 4.